The van der Waals surface area contributed by atoms with Gasteiger partial charge in [0.05, 0.1) is 17.9 Å². The Balaban J connectivity index is 1.57. The number of aromatic amines is 1. The third-order valence-electron chi connectivity index (χ3n) is 4.38. The van der Waals surface area contributed by atoms with E-state index in [1.807, 2.05) is 0 Å². The summed E-state index contributed by atoms with van der Waals surface area (Å²) in [7, 11) is 0. The van der Waals surface area contributed by atoms with Gasteiger partial charge in [0, 0.05) is 30.4 Å². The van der Waals surface area contributed by atoms with Crippen molar-refractivity contribution in [1.29, 1.82) is 0 Å². The summed E-state index contributed by atoms with van der Waals surface area (Å²) in [5.41, 5.74) is 4.74. The van der Waals surface area contributed by atoms with E-state index in [9.17, 15) is 0 Å². The number of nitrogens with zero attached hydrogens (tertiary/aromatic N) is 4. The van der Waals surface area contributed by atoms with Crippen molar-refractivity contribution in [3.8, 4) is 0 Å². The normalized spacial score (nSPS) is 20.0. The SMILES string of the molecule is Cc1cc(C)n(CCN2CCC[C@@H](c3cc(C)[nH]n3)C2)n1. The molecule has 1 saturated heterocycles. The number of hydrogen-bond donors (Lipinski definition) is 1. The van der Waals surface area contributed by atoms with Gasteiger partial charge < -0.3 is 4.90 Å². The summed E-state index contributed by atoms with van der Waals surface area (Å²) in [5.74, 6) is 0.573. The summed E-state index contributed by atoms with van der Waals surface area (Å²) in [6.07, 6.45) is 2.51. The number of rotatable bonds is 4. The molecule has 0 saturated carbocycles. The van der Waals surface area contributed by atoms with Crippen molar-refractivity contribution in [2.24, 2.45) is 0 Å². The molecule has 0 aliphatic carbocycles. The molecule has 0 unspecified atom stereocenters. The topological polar surface area (TPSA) is 49.7 Å². The Kier molecular flexibility index (Phi) is 4.10. The second-order valence-electron chi connectivity index (χ2n) is 6.27. The first kappa shape index (κ1) is 14.3. The molecule has 3 heterocycles. The molecule has 0 spiro atoms. The van der Waals surface area contributed by atoms with Crippen LogP contribution in [0.15, 0.2) is 12.1 Å². The molecule has 0 amide bonds. The minimum atomic E-state index is 0.573. The zero-order chi connectivity index (χ0) is 14.8. The average Bonchev–Trinajstić information content (AvgIpc) is 3.03. The second kappa shape index (κ2) is 6.02. The molecule has 2 aromatic heterocycles. The van der Waals surface area contributed by atoms with Crippen LogP contribution in [0, 0.1) is 20.8 Å². The summed E-state index contributed by atoms with van der Waals surface area (Å²) in [4.78, 5) is 2.55. The standard InChI is InChI=1S/C16H25N5/c1-12-10-16(18-17-12)15-5-4-6-20(11-15)7-8-21-14(3)9-13(2)19-21/h9-10,15H,4-8,11H2,1-3H3,(H,17,18)/t15-/m1/s1. The lowest BCUT2D eigenvalue weighted by Gasteiger charge is -2.31. The lowest BCUT2D eigenvalue weighted by Crippen LogP contribution is -2.36. The Morgan fingerprint density at radius 2 is 2.10 bits per heavy atom. The Hall–Kier alpha value is -1.62. The van der Waals surface area contributed by atoms with Crippen molar-refractivity contribution in [3.63, 3.8) is 0 Å². The molecule has 1 N–H and O–H groups in total. The van der Waals surface area contributed by atoms with Crippen molar-refractivity contribution in [2.45, 2.75) is 46.1 Å². The number of aryl methyl sites for hydroxylation is 3. The van der Waals surface area contributed by atoms with E-state index in [2.05, 4.69) is 57.8 Å². The molecule has 1 atom stereocenters. The third-order valence-corrected chi connectivity index (χ3v) is 4.38. The van der Waals surface area contributed by atoms with Crippen LogP contribution in [0.25, 0.3) is 0 Å². The highest BCUT2D eigenvalue weighted by Crippen LogP contribution is 2.25. The molecule has 114 valence electrons. The van der Waals surface area contributed by atoms with E-state index in [4.69, 9.17) is 0 Å². The second-order valence-corrected chi connectivity index (χ2v) is 6.27. The molecule has 1 aliphatic heterocycles. The Bertz CT molecular complexity index is 598. The number of H-pyrrole nitrogens is 1. The van der Waals surface area contributed by atoms with E-state index in [1.165, 1.54) is 30.8 Å². The molecule has 5 heteroatoms. The number of hydrogen-bond acceptors (Lipinski definition) is 3. The molecule has 2 aromatic rings. The average molecular weight is 287 g/mol. The van der Waals surface area contributed by atoms with Crippen LogP contribution < -0.4 is 0 Å². The molecular formula is C16H25N5. The molecule has 0 radical (unpaired) electrons. The molecular weight excluding hydrogens is 262 g/mol. The van der Waals surface area contributed by atoms with Gasteiger partial charge in [-0.15, -0.1) is 0 Å². The fraction of sp³-hybridized carbons (Fsp3) is 0.625. The number of piperidine rings is 1. The number of aromatic nitrogens is 4. The monoisotopic (exact) mass is 287 g/mol. The summed E-state index contributed by atoms with van der Waals surface area (Å²) in [6, 6.07) is 4.33. The minimum Gasteiger partial charge on any atom is -0.301 e. The molecule has 1 fully saturated rings. The molecule has 0 aromatic carbocycles. The van der Waals surface area contributed by atoms with E-state index in [0.717, 1.165) is 31.0 Å². The first-order chi connectivity index (χ1) is 10.1. The lowest BCUT2D eigenvalue weighted by atomic mass is 9.95. The van der Waals surface area contributed by atoms with Gasteiger partial charge in [0.25, 0.3) is 0 Å². The quantitative estimate of drug-likeness (QED) is 0.939. The van der Waals surface area contributed by atoms with Gasteiger partial charge in [-0.2, -0.15) is 10.2 Å². The van der Waals surface area contributed by atoms with E-state index in [-0.39, 0.29) is 0 Å². The predicted octanol–water partition coefficient (Wildman–Crippen LogP) is 2.41. The smallest absolute Gasteiger partial charge is 0.0668 e. The van der Waals surface area contributed by atoms with Gasteiger partial charge >= 0.3 is 0 Å². The number of nitrogens with one attached hydrogen (secondary N) is 1. The van der Waals surface area contributed by atoms with Gasteiger partial charge in [-0.1, -0.05) is 0 Å². The van der Waals surface area contributed by atoms with Crippen LogP contribution in [-0.2, 0) is 6.54 Å². The minimum absolute atomic E-state index is 0.573. The first-order valence-corrected chi connectivity index (χ1v) is 7.87. The van der Waals surface area contributed by atoms with Gasteiger partial charge in [0.1, 0.15) is 0 Å². The lowest BCUT2D eigenvalue weighted by molar-refractivity contribution is 0.196. The van der Waals surface area contributed by atoms with Crippen LogP contribution in [0.2, 0.25) is 0 Å². The first-order valence-electron chi connectivity index (χ1n) is 7.87. The van der Waals surface area contributed by atoms with Crippen molar-refractivity contribution in [2.75, 3.05) is 19.6 Å². The molecule has 21 heavy (non-hydrogen) atoms. The van der Waals surface area contributed by atoms with E-state index in [1.54, 1.807) is 0 Å². The Morgan fingerprint density at radius 1 is 1.24 bits per heavy atom. The third kappa shape index (κ3) is 3.35. The predicted molar refractivity (Wildman–Crippen MR) is 83.4 cm³/mol. The van der Waals surface area contributed by atoms with Gasteiger partial charge in [0.15, 0.2) is 0 Å². The van der Waals surface area contributed by atoms with E-state index < -0.39 is 0 Å². The van der Waals surface area contributed by atoms with Crippen LogP contribution in [0.3, 0.4) is 0 Å². The van der Waals surface area contributed by atoms with Crippen LogP contribution in [0.5, 0.6) is 0 Å². The Morgan fingerprint density at radius 3 is 2.76 bits per heavy atom. The van der Waals surface area contributed by atoms with Crippen molar-refractivity contribution < 1.29 is 0 Å². The molecule has 3 rings (SSSR count). The largest absolute Gasteiger partial charge is 0.301 e. The summed E-state index contributed by atoms with van der Waals surface area (Å²) in [5, 5.41) is 12.1. The molecule has 1 aliphatic rings. The van der Waals surface area contributed by atoms with E-state index >= 15 is 0 Å². The van der Waals surface area contributed by atoms with Gasteiger partial charge in [-0.05, 0) is 52.3 Å². The Labute approximate surface area is 126 Å². The fourth-order valence-corrected chi connectivity index (χ4v) is 3.29. The van der Waals surface area contributed by atoms with Gasteiger partial charge in [-0.25, -0.2) is 0 Å². The zero-order valence-corrected chi connectivity index (χ0v) is 13.3. The van der Waals surface area contributed by atoms with Crippen LogP contribution >= 0.6 is 0 Å². The highest BCUT2D eigenvalue weighted by molar-refractivity contribution is 5.13. The molecule has 0 bridgehead atoms. The van der Waals surface area contributed by atoms with E-state index in [0.29, 0.717) is 5.92 Å². The maximum atomic E-state index is 4.55. The van der Waals surface area contributed by atoms with Crippen LogP contribution in [0.1, 0.15) is 41.5 Å². The summed E-state index contributed by atoms with van der Waals surface area (Å²) >= 11 is 0. The van der Waals surface area contributed by atoms with Crippen molar-refractivity contribution in [1.82, 2.24) is 24.9 Å². The fourth-order valence-electron chi connectivity index (χ4n) is 3.29. The van der Waals surface area contributed by atoms with Crippen LogP contribution in [-0.4, -0.2) is 44.5 Å². The summed E-state index contributed by atoms with van der Waals surface area (Å²) in [6.45, 7) is 10.6. The highest BCUT2D eigenvalue weighted by Gasteiger charge is 2.23. The summed E-state index contributed by atoms with van der Waals surface area (Å²) < 4.78 is 2.12. The van der Waals surface area contributed by atoms with Gasteiger partial charge in [0.2, 0.25) is 0 Å². The van der Waals surface area contributed by atoms with Crippen molar-refractivity contribution >= 4 is 0 Å². The van der Waals surface area contributed by atoms with Crippen LogP contribution in [0.4, 0.5) is 0 Å². The maximum Gasteiger partial charge on any atom is 0.0668 e. The maximum absolute atomic E-state index is 4.55. The number of likely N-dealkylation sites (tertiary alicyclic amines) is 1. The van der Waals surface area contributed by atoms with Gasteiger partial charge in [-0.3, -0.25) is 9.78 Å². The highest BCUT2D eigenvalue weighted by atomic mass is 15.3. The zero-order valence-electron chi connectivity index (χ0n) is 13.3. The van der Waals surface area contributed by atoms with Crippen molar-refractivity contribution in [3.05, 3.63) is 34.9 Å². The molecule has 5 nitrogen and oxygen atoms in total.